The van der Waals surface area contributed by atoms with Crippen molar-refractivity contribution in [3.8, 4) is 0 Å². The van der Waals surface area contributed by atoms with E-state index >= 15 is 0 Å². The molecule has 0 spiro atoms. The van der Waals surface area contributed by atoms with Crippen molar-refractivity contribution < 1.29 is 19.1 Å². The van der Waals surface area contributed by atoms with E-state index in [1.165, 1.54) is 0 Å². The highest BCUT2D eigenvalue weighted by molar-refractivity contribution is 5.97. The van der Waals surface area contributed by atoms with E-state index in [0.29, 0.717) is 31.9 Å². The summed E-state index contributed by atoms with van der Waals surface area (Å²) in [5, 5.41) is 0. The van der Waals surface area contributed by atoms with E-state index < -0.39 is 0 Å². The van der Waals surface area contributed by atoms with Gasteiger partial charge >= 0.3 is 5.97 Å². The first-order chi connectivity index (χ1) is 11.6. The first kappa shape index (κ1) is 19.9. The maximum Gasteiger partial charge on any atom is 0.307 e. The molecule has 24 heavy (non-hydrogen) atoms. The van der Waals surface area contributed by atoms with Gasteiger partial charge in [-0.05, 0) is 31.9 Å². The number of ether oxygens (including phenoxy) is 2. The minimum absolute atomic E-state index is 0.0701. The van der Waals surface area contributed by atoms with Crippen molar-refractivity contribution in [3.63, 3.8) is 0 Å². The summed E-state index contributed by atoms with van der Waals surface area (Å²) in [7, 11) is 1.63. The monoisotopic (exact) mass is 333 g/mol. The van der Waals surface area contributed by atoms with Crippen LogP contribution in [0.4, 0.5) is 0 Å². The fourth-order valence-corrected chi connectivity index (χ4v) is 2.28. The number of nitrogens with zero attached hydrogens (tertiary/aromatic N) is 1. The van der Waals surface area contributed by atoms with E-state index in [9.17, 15) is 9.59 Å². The molecule has 0 aromatic heterocycles. The van der Waals surface area contributed by atoms with Gasteiger partial charge in [0, 0.05) is 32.4 Å². The average molecular weight is 333 g/mol. The van der Waals surface area contributed by atoms with Crippen LogP contribution < -0.4 is 0 Å². The molecule has 1 aromatic rings. The molecule has 1 rings (SSSR count). The van der Waals surface area contributed by atoms with Crippen LogP contribution in [0.15, 0.2) is 35.9 Å². The van der Waals surface area contributed by atoms with Gasteiger partial charge in [0.1, 0.15) is 0 Å². The zero-order chi connectivity index (χ0) is 17.8. The molecule has 5 heteroatoms. The third-order valence-electron chi connectivity index (χ3n) is 3.47. The summed E-state index contributed by atoms with van der Waals surface area (Å²) in [4.78, 5) is 25.9. The molecule has 0 bridgehead atoms. The van der Waals surface area contributed by atoms with E-state index in [4.69, 9.17) is 9.47 Å². The lowest BCUT2D eigenvalue weighted by molar-refractivity contribution is -0.143. The van der Waals surface area contributed by atoms with Crippen LogP contribution in [0.25, 0.3) is 6.08 Å². The molecule has 0 N–H and O–H groups in total. The van der Waals surface area contributed by atoms with E-state index in [0.717, 1.165) is 12.0 Å². The topological polar surface area (TPSA) is 55.8 Å². The van der Waals surface area contributed by atoms with E-state index in [2.05, 4.69) is 0 Å². The summed E-state index contributed by atoms with van der Waals surface area (Å²) < 4.78 is 9.99. The number of methoxy groups -OCH3 is 1. The Kier molecular flexibility index (Phi) is 9.46. The van der Waals surface area contributed by atoms with Gasteiger partial charge in [0.15, 0.2) is 0 Å². The standard InChI is InChI=1S/C19H27NO4/c1-4-24-18(21)11-13-20(12-8-14-23-3)19(22)16(2)15-17-9-6-5-7-10-17/h5-7,9-10,15H,4,8,11-14H2,1-3H3/b16-15+. The predicted molar refractivity (Wildman–Crippen MR) is 94.4 cm³/mol. The van der Waals surface area contributed by atoms with Gasteiger partial charge < -0.3 is 14.4 Å². The highest BCUT2D eigenvalue weighted by atomic mass is 16.5. The molecule has 0 aliphatic rings. The Hall–Kier alpha value is -2.14. The summed E-state index contributed by atoms with van der Waals surface area (Å²) in [5.74, 6) is -0.356. The highest BCUT2D eigenvalue weighted by Gasteiger charge is 2.16. The lowest BCUT2D eigenvalue weighted by Crippen LogP contribution is -2.35. The number of rotatable bonds is 10. The molecule has 5 nitrogen and oxygen atoms in total. The Morgan fingerprint density at radius 1 is 1.17 bits per heavy atom. The van der Waals surface area contributed by atoms with Gasteiger partial charge in [-0.1, -0.05) is 30.3 Å². The molecule has 1 aromatic carbocycles. The molecule has 0 saturated heterocycles. The van der Waals surface area contributed by atoms with Gasteiger partial charge in [-0.15, -0.1) is 0 Å². The number of esters is 1. The summed E-state index contributed by atoms with van der Waals surface area (Å²) in [6.07, 6.45) is 2.78. The molecule has 0 atom stereocenters. The van der Waals surface area contributed by atoms with Crippen LogP contribution in [0.5, 0.6) is 0 Å². The highest BCUT2D eigenvalue weighted by Crippen LogP contribution is 2.10. The van der Waals surface area contributed by atoms with Crippen molar-refractivity contribution in [3.05, 3.63) is 41.5 Å². The van der Waals surface area contributed by atoms with E-state index in [1.807, 2.05) is 36.4 Å². The van der Waals surface area contributed by atoms with Crippen molar-refractivity contribution in [2.24, 2.45) is 0 Å². The number of carbonyl (C=O) groups is 2. The van der Waals surface area contributed by atoms with Gasteiger partial charge in [-0.25, -0.2) is 0 Å². The van der Waals surface area contributed by atoms with Crippen LogP contribution in [0.1, 0.15) is 32.3 Å². The Morgan fingerprint density at radius 2 is 1.88 bits per heavy atom. The zero-order valence-electron chi connectivity index (χ0n) is 14.8. The fraction of sp³-hybridized carbons (Fsp3) is 0.474. The fourth-order valence-electron chi connectivity index (χ4n) is 2.28. The van der Waals surface area contributed by atoms with Gasteiger partial charge in [0.25, 0.3) is 0 Å². The zero-order valence-corrected chi connectivity index (χ0v) is 14.8. The summed E-state index contributed by atoms with van der Waals surface area (Å²) in [5.41, 5.74) is 1.62. The molecule has 0 fully saturated rings. The van der Waals surface area contributed by atoms with Crippen molar-refractivity contribution in [1.29, 1.82) is 0 Å². The normalized spacial score (nSPS) is 11.2. The van der Waals surface area contributed by atoms with E-state index in [1.54, 1.807) is 25.9 Å². The number of benzene rings is 1. The number of hydrogen-bond donors (Lipinski definition) is 0. The Bertz CT molecular complexity index is 540. The maximum absolute atomic E-state index is 12.7. The van der Waals surface area contributed by atoms with Gasteiger partial charge in [-0.2, -0.15) is 0 Å². The lowest BCUT2D eigenvalue weighted by atomic mass is 10.1. The molecule has 0 unspecified atom stereocenters. The first-order valence-corrected chi connectivity index (χ1v) is 8.25. The molecule has 0 heterocycles. The molecule has 0 aliphatic heterocycles. The van der Waals surface area contributed by atoms with Crippen LogP contribution in [-0.2, 0) is 19.1 Å². The van der Waals surface area contributed by atoms with Crippen LogP contribution in [0.3, 0.4) is 0 Å². The molecule has 0 radical (unpaired) electrons. The second-order valence-corrected chi connectivity index (χ2v) is 5.43. The van der Waals surface area contributed by atoms with Crippen LogP contribution in [0.2, 0.25) is 0 Å². The van der Waals surface area contributed by atoms with Crippen LogP contribution in [0, 0.1) is 0 Å². The molecule has 0 aliphatic carbocycles. The van der Waals surface area contributed by atoms with Crippen molar-refractivity contribution in [2.45, 2.75) is 26.7 Å². The maximum atomic E-state index is 12.7. The SMILES string of the molecule is CCOC(=O)CCN(CCCOC)C(=O)/C(C)=C/c1ccccc1. The Morgan fingerprint density at radius 3 is 2.50 bits per heavy atom. The summed E-state index contributed by atoms with van der Waals surface area (Å²) in [6.45, 7) is 5.39. The Labute approximate surface area is 144 Å². The van der Waals surface area contributed by atoms with Crippen LogP contribution >= 0.6 is 0 Å². The smallest absolute Gasteiger partial charge is 0.307 e. The molecule has 1 amide bonds. The van der Waals surface area contributed by atoms with Gasteiger partial charge in [0.2, 0.25) is 5.91 Å². The second kappa shape index (κ2) is 11.4. The number of hydrogen-bond acceptors (Lipinski definition) is 4. The first-order valence-electron chi connectivity index (χ1n) is 8.25. The molecule has 0 saturated carbocycles. The van der Waals surface area contributed by atoms with E-state index in [-0.39, 0.29) is 18.3 Å². The Balaban J connectivity index is 2.73. The molecular formula is C19H27NO4. The van der Waals surface area contributed by atoms with Crippen molar-refractivity contribution >= 4 is 18.0 Å². The quantitative estimate of drug-likeness (QED) is 0.375. The largest absolute Gasteiger partial charge is 0.466 e. The average Bonchev–Trinajstić information content (AvgIpc) is 2.58. The summed E-state index contributed by atoms with van der Waals surface area (Å²) in [6, 6.07) is 9.70. The minimum Gasteiger partial charge on any atom is -0.466 e. The minimum atomic E-state index is -0.285. The predicted octanol–water partition coefficient (Wildman–Crippen LogP) is 2.91. The third-order valence-corrected chi connectivity index (χ3v) is 3.47. The molecular weight excluding hydrogens is 306 g/mol. The third kappa shape index (κ3) is 7.42. The second-order valence-electron chi connectivity index (χ2n) is 5.43. The van der Waals surface area contributed by atoms with Crippen molar-refractivity contribution in [1.82, 2.24) is 4.90 Å². The van der Waals surface area contributed by atoms with Crippen LogP contribution in [-0.4, -0.2) is 50.2 Å². The van der Waals surface area contributed by atoms with Crippen molar-refractivity contribution in [2.75, 3.05) is 33.4 Å². The summed E-state index contributed by atoms with van der Waals surface area (Å²) >= 11 is 0. The number of amides is 1. The van der Waals surface area contributed by atoms with Gasteiger partial charge in [0.05, 0.1) is 13.0 Å². The number of carbonyl (C=O) groups excluding carboxylic acids is 2. The lowest BCUT2D eigenvalue weighted by Gasteiger charge is -2.22. The molecule has 132 valence electrons. The van der Waals surface area contributed by atoms with Gasteiger partial charge in [-0.3, -0.25) is 9.59 Å².